The second-order valence-corrected chi connectivity index (χ2v) is 11.4. The fourth-order valence-corrected chi connectivity index (χ4v) is 5.64. The molecule has 1 aromatic carbocycles. The summed E-state index contributed by atoms with van der Waals surface area (Å²) in [5.41, 5.74) is 2.51. The van der Waals surface area contributed by atoms with Crippen LogP contribution < -0.4 is 5.14 Å². The number of halogens is 1. The van der Waals surface area contributed by atoms with E-state index in [1.807, 2.05) is 19.9 Å². The molecule has 1 unspecified atom stereocenters. The van der Waals surface area contributed by atoms with Gasteiger partial charge in [0, 0.05) is 25.8 Å². The van der Waals surface area contributed by atoms with E-state index in [1.54, 1.807) is 12.1 Å². The third kappa shape index (κ3) is 5.46. The number of aromatic nitrogens is 1. The van der Waals surface area contributed by atoms with Crippen molar-refractivity contribution in [2.24, 2.45) is 15.4 Å². The Morgan fingerprint density at radius 2 is 2.09 bits per heavy atom. The molecule has 0 bridgehead atoms. The van der Waals surface area contributed by atoms with Crippen LogP contribution in [0.3, 0.4) is 0 Å². The van der Waals surface area contributed by atoms with Crippen LogP contribution in [0.25, 0.3) is 11.1 Å². The highest BCUT2D eigenvalue weighted by molar-refractivity contribution is 7.92. The number of carbonyl (C=O) groups excluding carboxylic acids is 1. The Hall–Kier alpha value is -2.67. The number of pyridine rings is 1. The van der Waals surface area contributed by atoms with Gasteiger partial charge in [0.1, 0.15) is 27.5 Å². The molecule has 2 heterocycles. The molecule has 7 nitrogen and oxygen atoms in total. The van der Waals surface area contributed by atoms with Crippen LogP contribution in [0.1, 0.15) is 49.4 Å². The molecule has 2 N–H and O–H groups in total. The van der Waals surface area contributed by atoms with Gasteiger partial charge in [0.2, 0.25) is 0 Å². The summed E-state index contributed by atoms with van der Waals surface area (Å²) >= 11 is 0. The minimum absolute atomic E-state index is 0.0654. The number of likely N-dealkylation sites (tertiary alicyclic amines) is 1. The lowest BCUT2D eigenvalue weighted by atomic mass is 9.88. The zero-order chi connectivity index (χ0) is 23.8. The van der Waals surface area contributed by atoms with Crippen LogP contribution in [0.4, 0.5) is 4.39 Å². The van der Waals surface area contributed by atoms with Gasteiger partial charge in [-0.25, -0.2) is 18.7 Å². The SMILES string of the molecule is CC(C)c1cc(F)cc(-c2ccnc(C#N)c2)c1CC(=O)N=S(N)(=O)C1CN(CC2CC2)C1. The average Bonchev–Trinajstić information content (AvgIpc) is 3.54. The smallest absolute Gasteiger partial charge is 0.259 e. The molecule has 33 heavy (non-hydrogen) atoms. The maximum atomic E-state index is 14.5. The van der Waals surface area contributed by atoms with Gasteiger partial charge in [-0.15, -0.1) is 4.36 Å². The Morgan fingerprint density at radius 3 is 2.73 bits per heavy atom. The van der Waals surface area contributed by atoms with E-state index in [0.717, 1.165) is 12.5 Å². The monoisotopic (exact) mass is 469 g/mol. The largest absolute Gasteiger partial charge is 0.300 e. The zero-order valence-corrected chi connectivity index (χ0v) is 19.6. The number of benzene rings is 1. The number of rotatable bonds is 7. The Kier molecular flexibility index (Phi) is 6.61. The highest BCUT2D eigenvalue weighted by atomic mass is 32.2. The normalized spacial score (nSPS) is 18.4. The third-order valence-electron chi connectivity index (χ3n) is 6.24. The topological polar surface area (TPSA) is 112 Å². The Morgan fingerprint density at radius 1 is 1.36 bits per heavy atom. The minimum Gasteiger partial charge on any atom is -0.300 e. The molecule has 9 heteroatoms. The molecule has 1 atom stereocenters. The number of hydrogen-bond donors (Lipinski definition) is 1. The number of nitriles is 1. The molecule has 174 valence electrons. The van der Waals surface area contributed by atoms with E-state index in [4.69, 9.17) is 5.14 Å². The molecule has 0 spiro atoms. The van der Waals surface area contributed by atoms with Crippen LogP contribution in [0.5, 0.6) is 0 Å². The molecule has 2 aromatic rings. The quantitative estimate of drug-likeness (QED) is 0.668. The first kappa shape index (κ1) is 23.5. The van der Waals surface area contributed by atoms with Gasteiger partial charge in [-0.05, 0) is 71.2 Å². The molecule has 1 aliphatic heterocycles. The lowest BCUT2D eigenvalue weighted by molar-refractivity contribution is -0.117. The first-order valence-electron chi connectivity index (χ1n) is 11.1. The van der Waals surface area contributed by atoms with E-state index in [2.05, 4.69) is 14.2 Å². The number of hydrogen-bond acceptors (Lipinski definition) is 5. The molecule has 1 saturated carbocycles. The van der Waals surface area contributed by atoms with Gasteiger partial charge in [0.05, 0.1) is 11.7 Å². The van der Waals surface area contributed by atoms with E-state index in [9.17, 15) is 18.7 Å². The predicted octanol–water partition coefficient (Wildman–Crippen LogP) is 3.39. The van der Waals surface area contributed by atoms with Crippen molar-refractivity contribution in [2.75, 3.05) is 19.6 Å². The van der Waals surface area contributed by atoms with Crippen molar-refractivity contribution in [3.63, 3.8) is 0 Å². The highest BCUT2D eigenvalue weighted by Crippen LogP contribution is 2.33. The standard InChI is InChI=1S/C24H28FN5O2S/c1-15(2)21-8-18(25)9-22(17-5-6-28-19(7-17)11-26)23(21)10-24(31)29-33(27,32)20-13-30(14-20)12-16-3-4-16/h5-9,15-16,20H,3-4,10,12-14H2,1-2H3,(H2,27,29,31,32). The minimum atomic E-state index is -3.16. The summed E-state index contributed by atoms with van der Waals surface area (Å²) < 4.78 is 31.4. The Balaban J connectivity index is 1.62. The zero-order valence-electron chi connectivity index (χ0n) is 18.8. The number of nitrogens with two attached hydrogens (primary N) is 1. The second kappa shape index (κ2) is 9.29. The van der Waals surface area contributed by atoms with Crippen molar-refractivity contribution >= 4 is 15.8 Å². The molecule has 1 amide bonds. The molecule has 4 rings (SSSR count). The van der Waals surface area contributed by atoms with Gasteiger partial charge in [-0.3, -0.25) is 4.79 Å². The summed E-state index contributed by atoms with van der Waals surface area (Å²) in [7, 11) is -3.16. The molecular formula is C24H28FN5O2S. The first-order chi connectivity index (χ1) is 15.7. The molecule has 0 radical (unpaired) electrons. The summed E-state index contributed by atoms with van der Waals surface area (Å²) in [4.78, 5) is 19.1. The van der Waals surface area contributed by atoms with E-state index >= 15 is 0 Å². The summed E-state index contributed by atoms with van der Waals surface area (Å²) in [5.74, 6) is -0.360. The maximum Gasteiger partial charge on any atom is 0.259 e. The molecule has 2 aliphatic rings. The lowest BCUT2D eigenvalue weighted by Crippen LogP contribution is -2.56. The molecular weight excluding hydrogens is 441 g/mol. The Bertz CT molecular complexity index is 1240. The van der Waals surface area contributed by atoms with Crippen molar-refractivity contribution < 1.29 is 13.4 Å². The van der Waals surface area contributed by atoms with E-state index in [0.29, 0.717) is 35.3 Å². The van der Waals surface area contributed by atoms with Gasteiger partial charge in [-0.1, -0.05) is 13.8 Å². The molecule has 1 aromatic heterocycles. The van der Waals surface area contributed by atoms with Gasteiger partial charge >= 0.3 is 0 Å². The summed E-state index contributed by atoms with van der Waals surface area (Å²) in [6.45, 7) is 6.00. The number of amides is 1. The van der Waals surface area contributed by atoms with Crippen molar-refractivity contribution in [1.82, 2.24) is 9.88 Å². The first-order valence-corrected chi connectivity index (χ1v) is 12.8. The van der Waals surface area contributed by atoms with Crippen LogP contribution in [0, 0.1) is 23.1 Å². The van der Waals surface area contributed by atoms with E-state index in [-0.39, 0.29) is 23.3 Å². The fraction of sp³-hybridized carbons (Fsp3) is 0.458. The summed E-state index contributed by atoms with van der Waals surface area (Å²) in [5, 5.41) is 14.9. The number of nitrogens with zero attached hydrogens (tertiary/aromatic N) is 4. The molecule has 1 aliphatic carbocycles. The summed E-state index contributed by atoms with van der Waals surface area (Å²) in [6, 6.07) is 7.94. The second-order valence-electron chi connectivity index (χ2n) is 9.28. The van der Waals surface area contributed by atoms with Crippen LogP contribution in [0.2, 0.25) is 0 Å². The van der Waals surface area contributed by atoms with Crippen LogP contribution in [-0.4, -0.2) is 44.9 Å². The Labute approximate surface area is 194 Å². The van der Waals surface area contributed by atoms with Crippen LogP contribution in [-0.2, 0) is 21.1 Å². The lowest BCUT2D eigenvalue weighted by Gasteiger charge is -2.39. The summed E-state index contributed by atoms with van der Waals surface area (Å²) in [6.07, 6.45) is 3.81. The third-order valence-corrected chi connectivity index (χ3v) is 7.99. The van der Waals surface area contributed by atoms with Gasteiger partial charge in [0.25, 0.3) is 5.91 Å². The highest BCUT2D eigenvalue weighted by Gasteiger charge is 2.37. The molecule has 1 saturated heterocycles. The van der Waals surface area contributed by atoms with Gasteiger partial charge < -0.3 is 4.90 Å². The van der Waals surface area contributed by atoms with Crippen molar-refractivity contribution in [2.45, 2.75) is 44.3 Å². The predicted molar refractivity (Wildman–Crippen MR) is 125 cm³/mol. The van der Waals surface area contributed by atoms with Gasteiger partial charge in [-0.2, -0.15) is 5.26 Å². The van der Waals surface area contributed by atoms with Crippen LogP contribution in [0.15, 0.2) is 34.8 Å². The molecule has 2 fully saturated rings. The van der Waals surface area contributed by atoms with Gasteiger partial charge in [0.15, 0.2) is 0 Å². The fourth-order valence-electron chi connectivity index (χ4n) is 4.25. The van der Waals surface area contributed by atoms with E-state index in [1.165, 1.54) is 31.2 Å². The van der Waals surface area contributed by atoms with E-state index < -0.39 is 21.6 Å². The van der Waals surface area contributed by atoms with Crippen LogP contribution >= 0.6 is 0 Å². The number of carbonyl (C=O) groups is 1. The van der Waals surface area contributed by atoms with Crippen molar-refractivity contribution in [3.05, 3.63) is 53.1 Å². The van der Waals surface area contributed by atoms with Crippen molar-refractivity contribution in [1.29, 1.82) is 5.26 Å². The maximum absolute atomic E-state index is 14.5. The average molecular weight is 470 g/mol. The van der Waals surface area contributed by atoms with Crippen molar-refractivity contribution in [3.8, 4) is 17.2 Å².